The van der Waals surface area contributed by atoms with Gasteiger partial charge in [-0.25, -0.2) is 4.79 Å². The smallest absolute Gasteiger partial charge is 0.407 e. The van der Waals surface area contributed by atoms with Gasteiger partial charge in [-0.1, -0.05) is 31.5 Å². The Morgan fingerprint density at radius 2 is 2.16 bits per heavy atom. The van der Waals surface area contributed by atoms with E-state index in [0.29, 0.717) is 25.0 Å². The third-order valence-corrected chi connectivity index (χ3v) is 5.76. The van der Waals surface area contributed by atoms with Crippen molar-refractivity contribution in [3.63, 3.8) is 0 Å². The molecule has 1 saturated carbocycles. The van der Waals surface area contributed by atoms with Crippen molar-refractivity contribution in [2.45, 2.75) is 70.3 Å². The minimum atomic E-state index is -0.278. The maximum Gasteiger partial charge on any atom is 0.407 e. The monoisotopic (exact) mass is 345 g/mol. The molecule has 4 heteroatoms. The van der Waals surface area contributed by atoms with Crippen LogP contribution < -0.4 is 5.32 Å². The van der Waals surface area contributed by atoms with Gasteiger partial charge in [-0.2, -0.15) is 0 Å². The number of ether oxygens (including phenoxy) is 1. The lowest BCUT2D eigenvalue weighted by Gasteiger charge is -2.26. The molecule has 0 bridgehead atoms. The van der Waals surface area contributed by atoms with Gasteiger partial charge in [-0.3, -0.25) is 0 Å². The average molecular weight is 345 g/mol. The van der Waals surface area contributed by atoms with Crippen molar-refractivity contribution >= 4 is 6.09 Å². The van der Waals surface area contributed by atoms with E-state index in [1.54, 1.807) is 0 Å². The molecule has 0 aliphatic heterocycles. The molecule has 1 aromatic rings. The molecule has 0 aromatic heterocycles. The minimum Gasteiger partial charge on any atom is -0.446 e. The number of unbranched alkanes of at least 4 members (excludes halogenated alkanes) is 1. The van der Waals surface area contributed by atoms with Crippen LogP contribution in [0.3, 0.4) is 0 Å². The topological polar surface area (TPSA) is 58.6 Å². The molecule has 2 aliphatic rings. The molecule has 1 amide bonds. The van der Waals surface area contributed by atoms with Crippen LogP contribution in [0.2, 0.25) is 0 Å². The summed E-state index contributed by atoms with van der Waals surface area (Å²) in [6.07, 6.45) is 7.91. The fourth-order valence-corrected chi connectivity index (χ4v) is 4.20. The molecule has 2 aliphatic carbocycles. The van der Waals surface area contributed by atoms with Crippen LogP contribution in [-0.2, 0) is 17.6 Å². The van der Waals surface area contributed by atoms with E-state index in [2.05, 4.69) is 30.4 Å². The number of amides is 1. The van der Waals surface area contributed by atoms with E-state index >= 15 is 0 Å². The lowest BCUT2D eigenvalue weighted by molar-refractivity contribution is 0.0895. The average Bonchev–Trinajstić information content (AvgIpc) is 3.11. The first kappa shape index (κ1) is 18.2. The molecule has 1 fully saturated rings. The molecule has 25 heavy (non-hydrogen) atoms. The van der Waals surface area contributed by atoms with Crippen LogP contribution in [0.1, 0.15) is 68.1 Å². The van der Waals surface area contributed by atoms with Crippen molar-refractivity contribution in [3.8, 4) is 0 Å². The standard InChI is InChI=1S/C21H31NO3/c1-2-3-10-22-21(24)25-20-9-8-18-12-17(6-7-19(18)13-20)16-5-4-15(11-16)14-23/h6-7,12,15-16,20,23H,2-5,8-11,13-14H2,1H3,(H,22,24). The fourth-order valence-electron chi connectivity index (χ4n) is 4.20. The maximum absolute atomic E-state index is 11.8. The van der Waals surface area contributed by atoms with Crippen molar-refractivity contribution in [1.29, 1.82) is 0 Å². The highest BCUT2D eigenvalue weighted by Gasteiger charge is 2.27. The molecule has 0 saturated heterocycles. The van der Waals surface area contributed by atoms with Gasteiger partial charge in [0.05, 0.1) is 0 Å². The molecular weight excluding hydrogens is 314 g/mol. The summed E-state index contributed by atoms with van der Waals surface area (Å²) in [5.41, 5.74) is 4.15. The zero-order chi connectivity index (χ0) is 17.6. The Morgan fingerprint density at radius 3 is 2.92 bits per heavy atom. The van der Waals surface area contributed by atoms with Gasteiger partial charge in [0.1, 0.15) is 6.10 Å². The lowest BCUT2D eigenvalue weighted by Crippen LogP contribution is -2.32. The van der Waals surface area contributed by atoms with Crippen molar-refractivity contribution in [2.24, 2.45) is 5.92 Å². The summed E-state index contributed by atoms with van der Waals surface area (Å²) >= 11 is 0. The molecule has 1 aromatic carbocycles. The number of hydrogen-bond acceptors (Lipinski definition) is 3. The summed E-state index contributed by atoms with van der Waals surface area (Å²) < 4.78 is 5.58. The second kappa shape index (κ2) is 8.70. The normalized spacial score (nSPS) is 25.4. The van der Waals surface area contributed by atoms with E-state index in [1.165, 1.54) is 23.1 Å². The number of hydrogen-bond donors (Lipinski definition) is 2. The summed E-state index contributed by atoms with van der Waals surface area (Å²) in [6, 6.07) is 6.83. The Bertz CT molecular complexity index is 587. The number of aliphatic hydroxyl groups excluding tert-OH is 1. The van der Waals surface area contributed by atoms with Crippen molar-refractivity contribution in [2.75, 3.05) is 13.2 Å². The SMILES string of the molecule is CCCCNC(=O)OC1CCc2cc(C3CCC(CO)C3)ccc2C1. The Hall–Kier alpha value is -1.55. The van der Waals surface area contributed by atoms with Crippen LogP contribution in [0.15, 0.2) is 18.2 Å². The molecule has 0 spiro atoms. The van der Waals surface area contributed by atoms with Gasteiger partial charge >= 0.3 is 6.09 Å². The Labute approximate surface area is 151 Å². The summed E-state index contributed by atoms with van der Waals surface area (Å²) in [6.45, 7) is 3.12. The second-order valence-electron chi connectivity index (χ2n) is 7.64. The van der Waals surface area contributed by atoms with Crippen LogP contribution in [-0.4, -0.2) is 30.5 Å². The summed E-state index contributed by atoms with van der Waals surface area (Å²) in [4.78, 5) is 11.8. The van der Waals surface area contributed by atoms with Crippen molar-refractivity contribution in [1.82, 2.24) is 5.32 Å². The van der Waals surface area contributed by atoms with Gasteiger partial charge < -0.3 is 15.2 Å². The van der Waals surface area contributed by atoms with Gasteiger partial charge in [0.25, 0.3) is 0 Å². The van der Waals surface area contributed by atoms with Crippen LogP contribution >= 0.6 is 0 Å². The molecule has 3 rings (SSSR count). The number of benzene rings is 1. The maximum atomic E-state index is 11.8. The predicted molar refractivity (Wildman–Crippen MR) is 98.8 cm³/mol. The highest BCUT2D eigenvalue weighted by molar-refractivity contribution is 5.67. The largest absolute Gasteiger partial charge is 0.446 e. The van der Waals surface area contributed by atoms with Gasteiger partial charge in [-0.05, 0) is 67.1 Å². The molecule has 0 radical (unpaired) electrons. The van der Waals surface area contributed by atoms with E-state index in [-0.39, 0.29) is 12.2 Å². The third-order valence-electron chi connectivity index (χ3n) is 5.76. The van der Waals surface area contributed by atoms with E-state index in [4.69, 9.17) is 4.74 Å². The summed E-state index contributed by atoms with van der Waals surface area (Å²) in [5.74, 6) is 1.07. The van der Waals surface area contributed by atoms with Crippen molar-refractivity contribution < 1.29 is 14.6 Å². The molecule has 3 unspecified atom stereocenters. The Morgan fingerprint density at radius 1 is 1.28 bits per heavy atom. The van der Waals surface area contributed by atoms with E-state index in [1.807, 2.05) is 0 Å². The first-order valence-corrected chi connectivity index (χ1v) is 9.86. The summed E-state index contributed by atoms with van der Waals surface area (Å²) in [7, 11) is 0. The van der Waals surface area contributed by atoms with Crippen LogP contribution in [0.4, 0.5) is 4.79 Å². The van der Waals surface area contributed by atoms with Gasteiger partial charge in [0.15, 0.2) is 0 Å². The van der Waals surface area contributed by atoms with E-state index < -0.39 is 0 Å². The summed E-state index contributed by atoms with van der Waals surface area (Å²) in [5, 5.41) is 12.2. The zero-order valence-electron chi connectivity index (χ0n) is 15.3. The first-order valence-electron chi connectivity index (χ1n) is 9.86. The molecule has 4 nitrogen and oxygen atoms in total. The van der Waals surface area contributed by atoms with Gasteiger partial charge in [0, 0.05) is 19.6 Å². The highest BCUT2D eigenvalue weighted by Crippen LogP contribution is 2.39. The van der Waals surface area contributed by atoms with Gasteiger partial charge in [-0.15, -0.1) is 0 Å². The molecule has 2 N–H and O–H groups in total. The molecular formula is C21H31NO3. The number of carbonyl (C=O) groups excluding carboxylic acids is 1. The number of fused-ring (bicyclic) bond motifs is 1. The number of rotatable bonds is 6. The Balaban J connectivity index is 1.55. The molecule has 0 heterocycles. The van der Waals surface area contributed by atoms with E-state index in [0.717, 1.165) is 44.9 Å². The number of nitrogens with one attached hydrogen (secondary N) is 1. The first-order chi connectivity index (χ1) is 12.2. The lowest BCUT2D eigenvalue weighted by atomic mass is 9.85. The molecule has 3 atom stereocenters. The van der Waals surface area contributed by atoms with Crippen LogP contribution in [0.5, 0.6) is 0 Å². The minimum absolute atomic E-state index is 0.00905. The van der Waals surface area contributed by atoms with Crippen LogP contribution in [0.25, 0.3) is 0 Å². The number of aryl methyl sites for hydroxylation is 1. The second-order valence-corrected chi connectivity index (χ2v) is 7.64. The molecule has 138 valence electrons. The van der Waals surface area contributed by atoms with Gasteiger partial charge in [0.2, 0.25) is 0 Å². The quantitative estimate of drug-likeness (QED) is 0.768. The predicted octanol–water partition coefficient (Wildman–Crippen LogP) is 3.95. The Kier molecular flexibility index (Phi) is 6.35. The number of aliphatic hydroxyl groups is 1. The fraction of sp³-hybridized carbons (Fsp3) is 0.667. The van der Waals surface area contributed by atoms with Crippen molar-refractivity contribution in [3.05, 3.63) is 34.9 Å². The van der Waals surface area contributed by atoms with Crippen LogP contribution in [0, 0.1) is 5.92 Å². The van der Waals surface area contributed by atoms with E-state index in [9.17, 15) is 9.90 Å². The zero-order valence-corrected chi connectivity index (χ0v) is 15.3. The highest BCUT2D eigenvalue weighted by atomic mass is 16.6. The number of alkyl carbamates (subject to hydrolysis) is 1. The third kappa shape index (κ3) is 4.75. The number of carbonyl (C=O) groups is 1.